The molecule has 0 spiro atoms. The normalized spacial score (nSPS) is 11.4. The lowest BCUT2D eigenvalue weighted by molar-refractivity contribution is 0.745. The highest BCUT2D eigenvalue weighted by molar-refractivity contribution is 6.23. The van der Waals surface area contributed by atoms with E-state index in [2.05, 4.69) is 510 Å². The van der Waals surface area contributed by atoms with Gasteiger partial charge in [-0.3, -0.25) is 0 Å². The minimum atomic E-state index is -0.499. The SMILES string of the molecule is C(=C(c1ccccc1)c1ccccc1)c1ccc(-c2c3ccccc3c(-c3ccc(C(c4ccccc4)(c4ccccc4)c4ccccc4)cc3)c3ccccc23)cc1.C(=C(c1ccccc1)c1ccccc1)c1ccc(-c2c3ccccc3c(-c3ccc(C(c4ccccc4)(c4ccccc4)c4ccccc4)cc3)c3ccccc23)cc1. The van der Waals surface area contributed by atoms with Gasteiger partial charge in [-0.2, -0.15) is 0 Å². The zero-order chi connectivity index (χ0) is 78.9. The van der Waals surface area contributed by atoms with Crippen LogP contribution in [0.25, 0.3) is 111 Å². The Bertz CT molecular complexity index is 6070. The van der Waals surface area contributed by atoms with Gasteiger partial charge in [0, 0.05) is 0 Å². The van der Waals surface area contributed by atoms with Gasteiger partial charge in [0.15, 0.2) is 0 Å². The van der Waals surface area contributed by atoms with E-state index >= 15 is 0 Å². The zero-order valence-corrected chi connectivity index (χ0v) is 65.5. The zero-order valence-electron chi connectivity index (χ0n) is 65.5. The van der Waals surface area contributed by atoms with E-state index in [1.54, 1.807) is 0 Å². The van der Waals surface area contributed by atoms with Crippen molar-refractivity contribution in [3.8, 4) is 44.5 Å². The van der Waals surface area contributed by atoms with Crippen molar-refractivity contribution in [1.82, 2.24) is 0 Å². The first-order chi connectivity index (χ1) is 58.6. The summed E-state index contributed by atoms with van der Waals surface area (Å²) in [5.41, 5.74) is 28.3. The molecule has 0 heterocycles. The Labute approximate surface area is 692 Å². The van der Waals surface area contributed by atoms with Crippen LogP contribution >= 0.6 is 0 Å². The molecule has 0 aromatic heterocycles. The molecule has 0 fully saturated rings. The van der Waals surface area contributed by atoms with Gasteiger partial charge in [-0.1, -0.05) is 497 Å². The summed E-state index contributed by atoms with van der Waals surface area (Å²) in [6.07, 6.45) is 4.61. The number of benzene rings is 20. The van der Waals surface area contributed by atoms with Crippen LogP contribution in [0.4, 0.5) is 0 Å². The van der Waals surface area contributed by atoms with Gasteiger partial charge in [-0.15, -0.1) is 0 Å². The molecule has 0 aliphatic carbocycles. The second-order valence-electron chi connectivity index (χ2n) is 30.4. The molecule has 0 aliphatic heterocycles. The quantitative estimate of drug-likeness (QED) is 0.0456. The van der Waals surface area contributed by atoms with E-state index in [4.69, 9.17) is 0 Å². The van der Waals surface area contributed by atoms with Crippen molar-refractivity contribution in [2.45, 2.75) is 10.8 Å². The topological polar surface area (TPSA) is 0 Å². The van der Waals surface area contributed by atoms with E-state index < -0.39 is 10.8 Å². The van der Waals surface area contributed by atoms with Crippen molar-refractivity contribution in [2.75, 3.05) is 0 Å². The largest absolute Gasteiger partial charge is 0.0701 e. The highest BCUT2D eigenvalue weighted by Gasteiger charge is 2.40. The predicted molar refractivity (Wildman–Crippen MR) is 501 cm³/mol. The lowest BCUT2D eigenvalue weighted by Crippen LogP contribution is -2.30. The molecule has 0 radical (unpaired) electrons. The Hall–Kier alpha value is -15.1. The first kappa shape index (κ1) is 73.1. The average Bonchev–Trinajstić information content (AvgIpc) is 0.720. The van der Waals surface area contributed by atoms with Crippen molar-refractivity contribution < 1.29 is 0 Å². The molecular formula is C118H84. The van der Waals surface area contributed by atoms with Crippen molar-refractivity contribution in [2.24, 2.45) is 0 Å². The van der Waals surface area contributed by atoms with Crippen LogP contribution in [-0.2, 0) is 10.8 Å². The molecule has 20 rings (SSSR count). The fraction of sp³-hybridized carbons (Fsp3) is 0.0169. The van der Waals surface area contributed by atoms with Gasteiger partial charge >= 0.3 is 0 Å². The van der Waals surface area contributed by atoms with Crippen LogP contribution in [-0.4, -0.2) is 0 Å². The molecule has 556 valence electrons. The minimum Gasteiger partial charge on any atom is -0.0622 e. The highest BCUT2D eigenvalue weighted by atomic mass is 14.4. The molecule has 0 saturated heterocycles. The van der Waals surface area contributed by atoms with E-state index in [0.29, 0.717) is 0 Å². The summed E-state index contributed by atoms with van der Waals surface area (Å²) in [5.74, 6) is 0. The Morgan fingerprint density at radius 2 is 0.280 bits per heavy atom. The third kappa shape index (κ3) is 13.9. The lowest BCUT2D eigenvalue weighted by atomic mass is 9.65. The summed E-state index contributed by atoms with van der Waals surface area (Å²) >= 11 is 0. The molecule has 0 aliphatic rings. The van der Waals surface area contributed by atoms with Gasteiger partial charge < -0.3 is 0 Å². The van der Waals surface area contributed by atoms with E-state index in [1.165, 1.54) is 177 Å². The van der Waals surface area contributed by atoms with Gasteiger partial charge in [-0.25, -0.2) is 0 Å². The lowest BCUT2D eigenvalue weighted by Gasteiger charge is -2.37. The average molecular weight is 1500 g/mol. The molecule has 0 N–H and O–H groups in total. The standard InChI is InChI=1S/2C59H42/c2*1-6-20-44(21-7-1)56(45-22-8-2-9-23-45)42-43-34-36-46(37-35-43)57-52-30-16-18-32-54(52)58(55-33-19-17-31-53(55)57)47-38-40-51(41-39-47)59(48-24-10-3-11-25-48,49-26-12-4-13-27-49)50-28-14-5-15-29-50/h2*1-42H. The molecule has 20 aromatic rings. The second kappa shape index (κ2) is 33.2. The summed E-state index contributed by atoms with van der Waals surface area (Å²) in [5, 5.41) is 9.96. The molecular weight excluding hydrogens is 1420 g/mol. The number of hydrogen-bond acceptors (Lipinski definition) is 0. The van der Waals surface area contributed by atoms with E-state index in [-0.39, 0.29) is 0 Å². The maximum absolute atomic E-state index is 2.35. The van der Waals surface area contributed by atoms with Crippen molar-refractivity contribution in [3.63, 3.8) is 0 Å². The summed E-state index contributed by atoms with van der Waals surface area (Å²) in [4.78, 5) is 0. The van der Waals surface area contributed by atoms with Crippen LogP contribution < -0.4 is 0 Å². The van der Waals surface area contributed by atoms with Crippen LogP contribution in [0.5, 0.6) is 0 Å². The third-order valence-electron chi connectivity index (χ3n) is 23.7. The van der Waals surface area contributed by atoms with Crippen LogP contribution in [0.1, 0.15) is 77.9 Å². The van der Waals surface area contributed by atoms with Crippen LogP contribution in [0, 0.1) is 0 Å². The predicted octanol–water partition coefficient (Wildman–Crippen LogP) is 30.6. The Morgan fingerprint density at radius 1 is 0.136 bits per heavy atom. The van der Waals surface area contributed by atoms with Crippen LogP contribution in [0.15, 0.2) is 497 Å². The summed E-state index contributed by atoms with van der Waals surface area (Å²) in [7, 11) is 0. The summed E-state index contributed by atoms with van der Waals surface area (Å²) in [6, 6.07) is 181. The minimum absolute atomic E-state index is 0.499. The maximum atomic E-state index is 2.35. The Kier molecular flexibility index (Phi) is 20.5. The first-order valence-electron chi connectivity index (χ1n) is 40.9. The molecule has 20 aromatic carbocycles. The number of fused-ring (bicyclic) bond motifs is 4. The summed E-state index contributed by atoms with van der Waals surface area (Å²) < 4.78 is 0. The van der Waals surface area contributed by atoms with Crippen LogP contribution in [0.3, 0.4) is 0 Å². The van der Waals surface area contributed by atoms with Crippen molar-refractivity contribution >= 4 is 66.4 Å². The molecule has 0 saturated carbocycles. The molecule has 118 heavy (non-hydrogen) atoms. The van der Waals surface area contributed by atoms with Gasteiger partial charge in [0.05, 0.1) is 10.8 Å². The number of hydrogen-bond donors (Lipinski definition) is 0. The maximum Gasteiger partial charge on any atom is 0.0701 e. The molecule has 0 atom stereocenters. The van der Waals surface area contributed by atoms with Crippen molar-refractivity contribution in [3.05, 3.63) is 575 Å². The van der Waals surface area contributed by atoms with Gasteiger partial charge in [-0.05, 0) is 189 Å². The van der Waals surface area contributed by atoms with Gasteiger partial charge in [0.1, 0.15) is 0 Å². The smallest absolute Gasteiger partial charge is 0.0622 e. The Balaban J connectivity index is 0.000000157. The third-order valence-corrected chi connectivity index (χ3v) is 23.7. The van der Waals surface area contributed by atoms with Gasteiger partial charge in [0.2, 0.25) is 0 Å². The molecule has 0 bridgehead atoms. The Morgan fingerprint density at radius 3 is 0.458 bits per heavy atom. The van der Waals surface area contributed by atoms with E-state index in [9.17, 15) is 0 Å². The fourth-order valence-corrected chi connectivity index (χ4v) is 18.4. The molecule has 0 amide bonds. The first-order valence-corrected chi connectivity index (χ1v) is 40.9. The van der Waals surface area contributed by atoms with Crippen molar-refractivity contribution in [1.29, 1.82) is 0 Å². The molecule has 0 heteroatoms. The van der Waals surface area contributed by atoms with Crippen LogP contribution in [0.2, 0.25) is 0 Å². The highest BCUT2D eigenvalue weighted by Crippen LogP contribution is 2.51. The summed E-state index contributed by atoms with van der Waals surface area (Å²) in [6.45, 7) is 0. The second-order valence-corrected chi connectivity index (χ2v) is 30.4. The fourth-order valence-electron chi connectivity index (χ4n) is 18.4. The number of rotatable bonds is 18. The van der Waals surface area contributed by atoms with E-state index in [1.807, 2.05) is 0 Å². The van der Waals surface area contributed by atoms with Gasteiger partial charge in [0.25, 0.3) is 0 Å². The monoisotopic (exact) mass is 1500 g/mol. The molecule has 0 nitrogen and oxygen atoms in total. The van der Waals surface area contributed by atoms with E-state index in [0.717, 1.165) is 0 Å². The molecule has 0 unspecified atom stereocenters.